The largest absolute Gasteiger partial charge is 0.480 e. The maximum Gasteiger partial charge on any atom is 0.317 e. The van der Waals surface area contributed by atoms with Crippen molar-refractivity contribution in [2.45, 2.75) is 38.1 Å². The number of aldehydes is 1. The quantitative estimate of drug-likeness (QED) is 0.435. The van der Waals surface area contributed by atoms with E-state index in [2.05, 4.69) is 5.73 Å². The molecule has 1 aromatic carbocycles. The molecule has 2 rings (SSSR count). The summed E-state index contributed by atoms with van der Waals surface area (Å²) in [5.74, 6) is -0.968. The lowest BCUT2D eigenvalue weighted by molar-refractivity contribution is -0.384. The summed E-state index contributed by atoms with van der Waals surface area (Å²) in [6.45, 7) is -0.278. The number of aliphatic carboxylic acids is 1. The van der Waals surface area contributed by atoms with Crippen molar-refractivity contribution in [2.75, 3.05) is 6.54 Å². The zero-order chi connectivity index (χ0) is 17.7. The number of rotatable bonds is 3. The third kappa shape index (κ3) is 11.0. The van der Waals surface area contributed by atoms with E-state index in [1.165, 1.54) is 56.4 Å². The van der Waals surface area contributed by atoms with E-state index in [0.717, 1.165) is 0 Å². The van der Waals surface area contributed by atoms with Crippen molar-refractivity contribution in [3.63, 3.8) is 0 Å². The number of non-ortho nitro benzene ring substituents is 1. The Labute approximate surface area is 134 Å². The molecule has 0 atom stereocenters. The first-order valence-electron chi connectivity index (χ1n) is 7.27. The summed E-state index contributed by atoms with van der Waals surface area (Å²) in [5.41, 5.74) is 10.6. The highest BCUT2D eigenvalue weighted by molar-refractivity contribution is 5.75. The number of hydrogen-bond donors (Lipinski definition) is 3. The standard InChI is InChI=1S/C7H5NO3.C6H13N.C2H5NO2/c9-5-6-1-3-7(4-2-6)8(10)11;7-6-4-2-1-3-5-6;3-1-2(4)5/h1-5H;6H,1-5,7H2;1,3H2,(H,4,5). The van der Waals surface area contributed by atoms with E-state index >= 15 is 0 Å². The molecule has 0 aromatic heterocycles. The lowest BCUT2D eigenvalue weighted by Gasteiger charge is -2.15. The van der Waals surface area contributed by atoms with Crippen molar-refractivity contribution in [1.82, 2.24) is 0 Å². The Morgan fingerprint density at radius 1 is 1.26 bits per heavy atom. The van der Waals surface area contributed by atoms with Crippen LogP contribution in [0.3, 0.4) is 0 Å². The summed E-state index contributed by atoms with van der Waals surface area (Å²) in [5, 5.41) is 17.7. The molecule has 0 aliphatic heterocycles. The normalized spacial score (nSPS) is 13.7. The minimum Gasteiger partial charge on any atom is -0.480 e. The molecule has 0 spiro atoms. The number of carbonyl (C=O) groups excluding carboxylic acids is 1. The summed E-state index contributed by atoms with van der Waals surface area (Å²) < 4.78 is 0. The van der Waals surface area contributed by atoms with Crippen LogP contribution in [0.15, 0.2) is 24.3 Å². The van der Waals surface area contributed by atoms with Gasteiger partial charge in [-0.2, -0.15) is 0 Å². The molecule has 0 radical (unpaired) electrons. The number of nitro groups is 1. The molecular weight excluding hydrogens is 302 g/mol. The number of hydrogen-bond acceptors (Lipinski definition) is 6. The number of carboxylic acids is 1. The van der Waals surface area contributed by atoms with Crippen LogP contribution in [0.25, 0.3) is 0 Å². The fourth-order valence-corrected chi connectivity index (χ4v) is 1.81. The fourth-order valence-electron chi connectivity index (χ4n) is 1.81. The van der Waals surface area contributed by atoms with Gasteiger partial charge in [-0.3, -0.25) is 19.7 Å². The average molecular weight is 325 g/mol. The first-order chi connectivity index (χ1) is 10.9. The van der Waals surface area contributed by atoms with Gasteiger partial charge in [0.1, 0.15) is 6.29 Å². The number of nitro benzene ring substituents is 1. The van der Waals surface area contributed by atoms with Crippen LogP contribution in [-0.4, -0.2) is 34.9 Å². The highest BCUT2D eigenvalue weighted by Crippen LogP contribution is 2.14. The minimum atomic E-state index is -0.968. The fraction of sp³-hybridized carbons (Fsp3) is 0.467. The van der Waals surface area contributed by atoms with Crippen LogP contribution >= 0.6 is 0 Å². The van der Waals surface area contributed by atoms with E-state index in [4.69, 9.17) is 10.8 Å². The molecule has 0 bridgehead atoms. The molecule has 0 unspecified atom stereocenters. The van der Waals surface area contributed by atoms with Crippen LogP contribution in [0.4, 0.5) is 5.69 Å². The predicted molar refractivity (Wildman–Crippen MR) is 86.2 cm³/mol. The van der Waals surface area contributed by atoms with Crippen LogP contribution in [0.1, 0.15) is 42.5 Å². The molecule has 1 saturated carbocycles. The molecule has 8 heteroatoms. The maximum atomic E-state index is 10.1. The van der Waals surface area contributed by atoms with E-state index in [-0.39, 0.29) is 12.2 Å². The number of carbonyl (C=O) groups is 2. The Balaban J connectivity index is 0.000000347. The third-order valence-corrected chi connectivity index (χ3v) is 3.06. The lowest BCUT2D eigenvalue weighted by atomic mass is 9.97. The van der Waals surface area contributed by atoms with Crippen LogP contribution in [0.5, 0.6) is 0 Å². The topological polar surface area (TPSA) is 150 Å². The molecule has 23 heavy (non-hydrogen) atoms. The Bertz CT molecular complexity index is 484. The van der Waals surface area contributed by atoms with Gasteiger partial charge in [0.05, 0.1) is 11.5 Å². The second kappa shape index (κ2) is 12.2. The summed E-state index contributed by atoms with van der Waals surface area (Å²) >= 11 is 0. The van der Waals surface area contributed by atoms with Gasteiger partial charge < -0.3 is 16.6 Å². The molecule has 128 valence electrons. The Kier molecular flexibility index (Phi) is 11.0. The van der Waals surface area contributed by atoms with Gasteiger partial charge in [-0.25, -0.2) is 0 Å². The molecule has 0 saturated heterocycles. The molecule has 0 heterocycles. The second-order valence-electron chi connectivity index (χ2n) is 4.96. The van der Waals surface area contributed by atoms with E-state index < -0.39 is 10.9 Å². The maximum absolute atomic E-state index is 10.1. The predicted octanol–water partition coefficient (Wildman–Crippen LogP) is 1.71. The van der Waals surface area contributed by atoms with Gasteiger partial charge in [0.25, 0.3) is 5.69 Å². The Hall–Kier alpha value is -2.32. The van der Waals surface area contributed by atoms with Crippen LogP contribution in [0, 0.1) is 10.1 Å². The van der Waals surface area contributed by atoms with E-state index in [9.17, 15) is 19.7 Å². The van der Waals surface area contributed by atoms with Crippen molar-refractivity contribution < 1.29 is 19.6 Å². The van der Waals surface area contributed by atoms with Crippen LogP contribution in [-0.2, 0) is 4.79 Å². The van der Waals surface area contributed by atoms with Crippen molar-refractivity contribution in [3.05, 3.63) is 39.9 Å². The number of nitrogens with zero attached hydrogens (tertiary/aromatic N) is 1. The van der Waals surface area contributed by atoms with Gasteiger partial charge in [-0.15, -0.1) is 0 Å². The number of nitrogens with two attached hydrogens (primary N) is 2. The summed E-state index contributed by atoms with van der Waals surface area (Å²) in [6, 6.07) is 5.94. The summed E-state index contributed by atoms with van der Waals surface area (Å²) in [4.78, 5) is 29.0. The minimum absolute atomic E-state index is 0.00407. The van der Waals surface area contributed by atoms with Gasteiger partial charge >= 0.3 is 5.97 Å². The molecule has 0 amide bonds. The van der Waals surface area contributed by atoms with Gasteiger partial charge in [0.15, 0.2) is 0 Å². The van der Waals surface area contributed by atoms with E-state index in [0.29, 0.717) is 17.9 Å². The Morgan fingerprint density at radius 2 is 1.74 bits per heavy atom. The molecular formula is C15H23N3O5. The van der Waals surface area contributed by atoms with Gasteiger partial charge in [0, 0.05) is 23.7 Å². The van der Waals surface area contributed by atoms with Gasteiger partial charge in [-0.1, -0.05) is 19.3 Å². The highest BCUT2D eigenvalue weighted by Gasteiger charge is 2.06. The SMILES string of the molecule is NC1CCCCC1.NCC(=O)O.O=Cc1ccc([N+](=O)[O-])cc1. The number of benzene rings is 1. The second-order valence-corrected chi connectivity index (χ2v) is 4.96. The molecule has 1 aromatic rings. The lowest BCUT2D eigenvalue weighted by Crippen LogP contribution is -2.22. The van der Waals surface area contributed by atoms with Gasteiger partial charge in [0.2, 0.25) is 0 Å². The highest BCUT2D eigenvalue weighted by atomic mass is 16.6. The number of carboxylic acid groups (broad SMARTS) is 1. The first-order valence-corrected chi connectivity index (χ1v) is 7.27. The van der Waals surface area contributed by atoms with Crippen LogP contribution in [0.2, 0.25) is 0 Å². The molecule has 1 fully saturated rings. The Morgan fingerprint density at radius 3 is 2.00 bits per heavy atom. The van der Waals surface area contributed by atoms with Gasteiger partial charge in [-0.05, 0) is 25.0 Å². The smallest absolute Gasteiger partial charge is 0.317 e. The van der Waals surface area contributed by atoms with E-state index in [1.807, 2.05) is 0 Å². The van der Waals surface area contributed by atoms with Crippen molar-refractivity contribution >= 4 is 17.9 Å². The summed E-state index contributed by atoms with van der Waals surface area (Å²) in [7, 11) is 0. The molecule has 8 nitrogen and oxygen atoms in total. The van der Waals surface area contributed by atoms with Crippen molar-refractivity contribution in [3.8, 4) is 0 Å². The zero-order valence-corrected chi connectivity index (χ0v) is 12.9. The summed E-state index contributed by atoms with van der Waals surface area (Å²) in [6.07, 6.45) is 7.31. The zero-order valence-electron chi connectivity index (χ0n) is 12.9. The van der Waals surface area contributed by atoms with Crippen LogP contribution < -0.4 is 11.5 Å². The van der Waals surface area contributed by atoms with Crippen molar-refractivity contribution in [2.24, 2.45) is 11.5 Å². The molecule has 5 N–H and O–H groups in total. The first kappa shape index (κ1) is 20.7. The molecule has 1 aliphatic rings. The molecule has 1 aliphatic carbocycles. The average Bonchev–Trinajstić information content (AvgIpc) is 2.56. The third-order valence-electron chi connectivity index (χ3n) is 3.06. The monoisotopic (exact) mass is 325 g/mol. The van der Waals surface area contributed by atoms with Crippen molar-refractivity contribution in [1.29, 1.82) is 0 Å². The van der Waals surface area contributed by atoms with E-state index in [1.54, 1.807) is 0 Å².